The number of benzene rings is 1. The highest BCUT2D eigenvalue weighted by Crippen LogP contribution is 2.24. The maximum atomic E-state index is 8.84. The quantitative estimate of drug-likeness (QED) is 0.946. The highest BCUT2D eigenvalue weighted by molar-refractivity contribution is 9.10. The summed E-state index contributed by atoms with van der Waals surface area (Å²) in [4.78, 5) is 8.03. The van der Waals surface area contributed by atoms with Crippen molar-refractivity contribution in [2.24, 2.45) is 0 Å². The molecule has 1 aromatic carbocycles. The summed E-state index contributed by atoms with van der Waals surface area (Å²) in [6, 6.07) is 5.67. The summed E-state index contributed by atoms with van der Waals surface area (Å²) in [7, 11) is 0. The molecule has 0 amide bonds. The van der Waals surface area contributed by atoms with Gasteiger partial charge in [0.15, 0.2) is 0 Å². The zero-order chi connectivity index (χ0) is 12.3. The van der Waals surface area contributed by atoms with E-state index in [2.05, 4.69) is 25.9 Å². The van der Waals surface area contributed by atoms with Crippen molar-refractivity contribution in [3.8, 4) is 11.6 Å². The van der Waals surface area contributed by atoms with Gasteiger partial charge in [0.1, 0.15) is 5.75 Å². The first-order chi connectivity index (χ1) is 8.19. The number of halogens is 1. The van der Waals surface area contributed by atoms with E-state index in [-0.39, 0.29) is 6.61 Å². The van der Waals surface area contributed by atoms with Crippen molar-refractivity contribution in [3.05, 3.63) is 46.3 Å². The van der Waals surface area contributed by atoms with Crippen molar-refractivity contribution in [1.29, 1.82) is 0 Å². The van der Waals surface area contributed by atoms with Crippen LogP contribution in [-0.2, 0) is 6.61 Å². The third-order valence-electron chi connectivity index (χ3n) is 2.20. The van der Waals surface area contributed by atoms with Gasteiger partial charge in [0.05, 0.1) is 24.7 Å². The fourth-order valence-electron chi connectivity index (χ4n) is 1.28. The van der Waals surface area contributed by atoms with Gasteiger partial charge in [-0.15, -0.1) is 0 Å². The number of hydrogen-bond acceptors (Lipinski definition) is 4. The van der Waals surface area contributed by atoms with Crippen molar-refractivity contribution < 1.29 is 9.84 Å². The predicted octanol–water partition coefficient (Wildman–Crippen LogP) is 2.83. The first-order valence-corrected chi connectivity index (χ1v) is 5.84. The highest BCUT2D eigenvalue weighted by atomic mass is 79.9. The van der Waals surface area contributed by atoms with Crippen LogP contribution < -0.4 is 4.74 Å². The van der Waals surface area contributed by atoms with E-state index in [0.29, 0.717) is 17.3 Å². The SMILES string of the molecule is Cc1cc(Oc2cnc(CO)cn2)ccc1Br. The minimum Gasteiger partial charge on any atom is -0.437 e. The van der Waals surface area contributed by atoms with Crippen LogP contribution >= 0.6 is 15.9 Å². The van der Waals surface area contributed by atoms with Gasteiger partial charge in [0, 0.05) is 4.47 Å². The molecule has 0 unspecified atom stereocenters. The molecule has 0 atom stereocenters. The molecule has 0 spiro atoms. The Bertz CT molecular complexity index is 514. The Kier molecular flexibility index (Phi) is 3.71. The number of nitrogens with zero attached hydrogens (tertiary/aromatic N) is 2. The lowest BCUT2D eigenvalue weighted by molar-refractivity contribution is 0.276. The van der Waals surface area contributed by atoms with Crippen molar-refractivity contribution in [2.45, 2.75) is 13.5 Å². The van der Waals surface area contributed by atoms with Crippen LogP contribution in [0.4, 0.5) is 0 Å². The smallest absolute Gasteiger partial charge is 0.237 e. The minimum atomic E-state index is -0.120. The summed E-state index contributed by atoms with van der Waals surface area (Å²) in [6.45, 7) is 1.86. The molecule has 2 rings (SSSR count). The molecule has 0 aliphatic carbocycles. The van der Waals surface area contributed by atoms with E-state index in [1.54, 1.807) is 0 Å². The number of aliphatic hydroxyl groups excluding tert-OH is 1. The summed E-state index contributed by atoms with van der Waals surface area (Å²) in [6.07, 6.45) is 2.98. The molecule has 0 saturated carbocycles. The number of rotatable bonds is 3. The Balaban J connectivity index is 2.16. The van der Waals surface area contributed by atoms with E-state index in [9.17, 15) is 0 Å². The zero-order valence-corrected chi connectivity index (χ0v) is 10.8. The Morgan fingerprint density at radius 3 is 2.71 bits per heavy atom. The van der Waals surface area contributed by atoms with E-state index < -0.39 is 0 Å². The van der Waals surface area contributed by atoms with Crippen molar-refractivity contribution >= 4 is 15.9 Å². The lowest BCUT2D eigenvalue weighted by Gasteiger charge is -2.06. The van der Waals surface area contributed by atoms with Crippen LogP contribution in [0.25, 0.3) is 0 Å². The van der Waals surface area contributed by atoms with E-state index in [1.165, 1.54) is 12.4 Å². The lowest BCUT2D eigenvalue weighted by atomic mass is 10.2. The molecule has 17 heavy (non-hydrogen) atoms. The summed E-state index contributed by atoms with van der Waals surface area (Å²) < 4.78 is 6.57. The van der Waals surface area contributed by atoms with Gasteiger partial charge in [-0.2, -0.15) is 0 Å². The maximum absolute atomic E-state index is 8.84. The van der Waals surface area contributed by atoms with Crippen LogP contribution in [0.2, 0.25) is 0 Å². The number of aromatic nitrogens is 2. The molecule has 0 aliphatic rings. The average molecular weight is 295 g/mol. The molecule has 0 aliphatic heterocycles. The monoisotopic (exact) mass is 294 g/mol. The van der Waals surface area contributed by atoms with E-state index in [1.807, 2.05) is 25.1 Å². The number of aliphatic hydroxyl groups is 1. The van der Waals surface area contributed by atoms with Gasteiger partial charge >= 0.3 is 0 Å². The van der Waals surface area contributed by atoms with Crippen molar-refractivity contribution in [2.75, 3.05) is 0 Å². The molecular weight excluding hydrogens is 284 g/mol. The lowest BCUT2D eigenvalue weighted by Crippen LogP contribution is -1.93. The van der Waals surface area contributed by atoms with Crippen LogP contribution in [-0.4, -0.2) is 15.1 Å². The van der Waals surface area contributed by atoms with Gasteiger partial charge in [-0.05, 0) is 30.7 Å². The van der Waals surface area contributed by atoms with Crippen LogP contribution in [0.1, 0.15) is 11.3 Å². The molecule has 4 nitrogen and oxygen atoms in total. The summed E-state index contributed by atoms with van der Waals surface area (Å²) >= 11 is 3.42. The van der Waals surface area contributed by atoms with Gasteiger partial charge in [0.25, 0.3) is 0 Å². The van der Waals surface area contributed by atoms with E-state index >= 15 is 0 Å². The minimum absolute atomic E-state index is 0.120. The largest absolute Gasteiger partial charge is 0.437 e. The van der Waals surface area contributed by atoms with Gasteiger partial charge < -0.3 is 9.84 Å². The van der Waals surface area contributed by atoms with Crippen LogP contribution in [0.15, 0.2) is 35.1 Å². The molecule has 0 bridgehead atoms. The topological polar surface area (TPSA) is 55.2 Å². The van der Waals surface area contributed by atoms with Gasteiger partial charge in [-0.1, -0.05) is 15.9 Å². The van der Waals surface area contributed by atoms with Crippen molar-refractivity contribution in [3.63, 3.8) is 0 Å². The third-order valence-corrected chi connectivity index (χ3v) is 3.09. The average Bonchev–Trinajstić information content (AvgIpc) is 2.35. The van der Waals surface area contributed by atoms with Crippen LogP contribution in [0, 0.1) is 6.92 Å². The molecule has 1 heterocycles. The predicted molar refractivity (Wildman–Crippen MR) is 66.9 cm³/mol. The summed E-state index contributed by atoms with van der Waals surface area (Å²) in [5, 5.41) is 8.84. The number of ether oxygens (including phenoxy) is 1. The molecule has 2 aromatic rings. The fraction of sp³-hybridized carbons (Fsp3) is 0.167. The van der Waals surface area contributed by atoms with Gasteiger partial charge in [0.2, 0.25) is 5.88 Å². The highest BCUT2D eigenvalue weighted by Gasteiger charge is 2.02. The molecule has 88 valence electrons. The Hall–Kier alpha value is -1.46. The van der Waals surface area contributed by atoms with Gasteiger partial charge in [-0.25, -0.2) is 4.98 Å². The molecule has 0 saturated heterocycles. The Labute approximate surface area is 107 Å². The standard InChI is InChI=1S/C12H11BrN2O2/c1-8-4-10(2-3-11(8)13)17-12-6-14-9(7-16)5-15-12/h2-6,16H,7H2,1H3. The number of hydrogen-bond donors (Lipinski definition) is 1. The Morgan fingerprint density at radius 1 is 1.29 bits per heavy atom. The molecule has 5 heteroatoms. The first-order valence-electron chi connectivity index (χ1n) is 5.05. The van der Waals surface area contributed by atoms with Crippen LogP contribution in [0.5, 0.6) is 11.6 Å². The van der Waals surface area contributed by atoms with Crippen molar-refractivity contribution in [1.82, 2.24) is 9.97 Å². The second-order valence-electron chi connectivity index (χ2n) is 3.52. The molecule has 1 N–H and O–H groups in total. The summed E-state index contributed by atoms with van der Waals surface area (Å²) in [5.74, 6) is 1.11. The summed E-state index contributed by atoms with van der Waals surface area (Å²) in [5.41, 5.74) is 1.60. The van der Waals surface area contributed by atoms with Crippen LogP contribution in [0.3, 0.4) is 0 Å². The molecular formula is C12H11BrN2O2. The zero-order valence-electron chi connectivity index (χ0n) is 9.22. The van der Waals surface area contributed by atoms with E-state index in [4.69, 9.17) is 9.84 Å². The second-order valence-corrected chi connectivity index (χ2v) is 4.37. The Morgan fingerprint density at radius 2 is 2.12 bits per heavy atom. The molecule has 0 radical (unpaired) electrons. The number of aryl methyl sites for hydroxylation is 1. The maximum Gasteiger partial charge on any atom is 0.237 e. The fourth-order valence-corrected chi connectivity index (χ4v) is 1.53. The van der Waals surface area contributed by atoms with Gasteiger partial charge in [-0.3, -0.25) is 4.98 Å². The van der Waals surface area contributed by atoms with E-state index in [0.717, 1.165) is 10.0 Å². The molecule has 1 aromatic heterocycles. The normalized spacial score (nSPS) is 10.3. The molecule has 0 fully saturated rings. The third kappa shape index (κ3) is 3.01. The first kappa shape index (κ1) is 12.0. The second kappa shape index (κ2) is 5.25.